The van der Waals surface area contributed by atoms with E-state index in [-0.39, 0.29) is 24.0 Å². The van der Waals surface area contributed by atoms with Gasteiger partial charge in [-0.05, 0) is 73.8 Å². The summed E-state index contributed by atoms with van der Waals surface area (Å²) in [6, 6.07) is 0. The molecule has 0 aromatic rings. The summed E-state index contributed by atoms with van der Waals surface area (Å²) in [5, 5.41) is 39.9. The van der Waals surface area contributed by atoms with Crippen LogP contribution in [0.2, 0.25) is 0 Å². The maximum absolute atomic E-state index is 10.4. The Morgan fingerprint density at radius 3 is 2.72 bits per heavy atom. The number of fused-ring (bicyclic) bond motifs is 1. The molecule has 0 saturated heterocycles. The number of allylic oxidation sites excluding steroid dienone is 4. The van der Waals surface area contributed by atoms with E-state index in [9.17, 15) is 20.4 Å². The zero-order chi connectivity index (χ0) is 18.2. The highest BCUT2D eigenvalue weighted by Gasteiger charge is 2.52. The molecule has 4 N–H and O–H groups in total. The van der Waals surface area contributed by atoms with E-state index in [1.807, 2.05) is 6.08 Å². The van der Waals surface area contributed by atoms with Crippen LogP contribution in [0, 0.1) is 17.3 Å². The van der Waals surface area contributed by atoms with E-state index >= 15 is 0 Å². The van der Waals surface area contributed by atoms with Gasteiger partial charge in [0.15, 0.2) is 0 Å². The topological polar surface area (TPSA) is 80.9 Å². The highest BCUT2D eigenvalue weighted by Crippen LogP contribution is 2.57. The van der Waals surface area contributed by atoms with Gasteiger partial charge in [-0.15, -0.1) is 0 Å². The molecule has 0 radical (unpaired) electrons. The number of hydrogen-bond donors (Lipinski definition) is 4. The summed E-state index contributed by atoms with van der Waals surface area (Å²) in [6.07, 6.45) is 9.64. The van der Waals surface area contributed by atoms with Crippen LogP contribution in [0.1, 0.15) is 52.4 Å². The van der Waals surface area contributed by atoms with Crippen molar-refractivity contribution in [2.24, 2.45) is 17.3 Å². The van der Waals surface area contributed by atoms with Gasteiger partial charge >= 0.3 is 0 Å². The van der Waals surface area contributed by atoms with Crippen molar-refractivity contribution in [1.82, 2.24) is 0 Å². The summed E-state index contributed by atoms with van der Waals surface area (Å²) in [5.74, 6) is 0.319. The van der Waals surface area contributed by atoms with Crippen LogP contribution >= 0.6 is 0 Å². The predicted molar refractivity (Wildman–Crippen MR) is 97.8 cm³/mol. The van der Waals surface area contributed by atoms with E-state index in [0.29, 0.717) is 18.8 Å². The molecule has 4 heteroatoms. The highest BCUT2D eigenvalue weighted by molar-refractivity contribution is 5.37. The Kier molecular flexibility index (Phi) is 5.54. The Labute approximate surface area is 150 Å². The molecule has 0 bridgehead atoms. The fourth-order valence-electron chi connectivity index (χ4n) is 5.36. The number of rotatable bonds is 4. The first kappa shape index (κ1) is 18.8. The van der Waals surface area contributed by atoms with Gasteiger partial charge in [0, 0.05) is 0 Å². The van der Waals surface area contributed by atoms with Gasteiger partial charge in [-0.25, -0.2) is 0 Å². The smallest absolute Gasteiger partial charge is 0.0804 e. The summed E-state index contributed by atoms with van der Waals surface area (Å²) in [7, 11) is 0. The minimum Gasteiger partial charge on any atom is -0.394 e. The van der Waals surface area contributed by atoms with E-state index in [4.69, 9.17) is 0 Å². The van der Waals surface area contributed by atoms with E-state index in [1.165, 1.54) is 11.1 Å². The molecule has 140 valence electrons. The van der Waals surface area contributed by atoms with Crippen LogP contribution in [0.4, 0.5) is 0 Å². The third-order valence-electron chi connectivity index (χ3n) is 6.83. The Morgan fingerprint density at radius 1 is 1.24 bits per heavy atom. The van der Waals surface area contributed by atoms with Gasteiger partial charge in [-0.3, -0.25) is 0 Å². The summed E-state index contributed by atoms with van der Waals surface area (Å²) >= 11 is 0. The molecular formula is C21H32O4. The van der Waals surface area contributed by atoms with Crippen molar-refractivity contribution in [3.8, 4) is 0 Å². The average Bonchev–Trinajstić information content (AvgIpc) is 2.91. The first-order valence-corrected chi connectivity index (χ1v) is 9.58. The van der Waals surface area contributed by atoms with Crippen LogP contribution in [0.15, 0.2) is 34.9 Å². The number of aliphatic hydroxyl groups is 4. The largest absolute Gasteiger partial charge is 0.394 e. The zero-order valence-electron chi connectivity index (χ0n) is 15.4. The van der Waals surface area contributed by atoms with Crippen molar-refractivity contribution < 1.29 is 20.4 Å². The third-order valence-corrected chi connectivity index (χ3v) is 6.83. The molecule has 0 amide bonds. The second-order valence-electron chi connectivity index (χ2n) is 8.47. The van der Waals surface area contributed by atoms with Crippen molar-refractivity contribution in [3.63, 3.8) is 0 Å². The molecule has 25 heavy (non-hydrogen) atoms. The van der Waals surface area contributed by atoms with Crippen LogP contribution in [0.3, 0.4) is 0 Å². The average molecular weight is 348 g/mol. The summed E-state index contributed by atoms with van der Waals surface area (Å²) in [4.78, 5) is 0. The van der Waals surface area contributed by atoms with Crippen LogP contribution in [0.25, 0.3) is 0 Å². The van der Waals surface area contributed by atoms with Gasteiger partial charge in [0.2, 0.25) is 0 Å². The van der Waals surface area contributed by atoms with Gasteiger partial charge in [0.25, 0.3) is 0 Å². The first-order chi connectivity index (χ1) is 11.8. The molecule has 0 aromatic heterocycles. The quantitative estimate of drug-likeness (QED) is 0.629. The molecule has 6 atom stereocenters. The number of hydrogen-bond acceptors (Lipinski definition) is 4. The van der Waals surface area contributed by atoms with Gasteiger partial charge in [0.1, 0.15) is 0 Å². The molecule has 4 nitrogen and oxygen atoms in total. The molecule has 1 fully saturated rings. The molecule has 0 aromatic carbocycles. The lowest BCUT2D eigenvalue weighted by atomic mass is 9.63. The van der Waals surface area contributed by atoms with Gasteiger partial charge in [-0.1, -0.05) is 30.7 Å². The lowest BCUT2D eigenvalue weighted by Gasteiger charge is -2.43. The Morgan fingerprint density at radius 2 is 2.00 bits per heavy atom. The first-order valence-electron chi connectivity index (χ1n) is 9.58. The standard InChI is InChI=1S/C21H32O4/c1-13-3-6-16(23)9-14(13)4-5-15-10-17(24)11-21(2)18(15)7-8-19(21)20(25)12-22/h4-5,10,16-20,22-25H,3,6-9,11-12H2,1-2H3/b5-4+/t16-,17+,18-,19+,20-,21-/m0/s1. The van der Waals surface area contributed by atoms with Crippen LogP contribution in [0.5, 0.6) is 0 Å². The fraction of sp³-hybridized carbons (Fsp3) is 0.714. The highest BCUT2D eigenvalue weighted by atomic mass is 16.3. The monoisotopic (exact) mass is 348 g/mol. The minimum atomic E-state index is -0.719. The van der Waals surface area contributed by atoms with Crippen LogP contribution < -0.4 is 0 Å². The van der Waals surface area contributed by atoms with E-state index < -0.39 is 12.2 Å². The molecular weight excluding hydrogens is 316 g/mol. The fourth-order valence-corrected chi connectivity index (χ4v) is 5.36. The number of aliphatic hydroxyl groups excluding tert-OH is 4. The van der Waals surface area contributed by atoms with E-state index in [2.05, 4.69) is 26.0 Å². The molecule has 3 aliphatic rings. The minimum absolute atomic E-state index is 0.0201. The Balaban J connectivity index is 1.84. The maximum Gasteiger partial charge on any atom is 0.0804 e. The van der Waals surface area contributed by atoms with Crippen molar-refractivity contribution in [2.45, 2.75) is 70.7 Å². The van der Waals surface area contributed by atoms with Crippen molar-refractivity contribution >= 4 is 0 Å². The lowest BCUT2D eigenvalue weighted by molar-refractivity contribution is -0.0237. The normalized spacial score (nSPS) is 40.3. The third kappa shape index (κ3) is 3.63. The summed E-state index contributed by atoms with van der Waals surface area (Å²) in [6.45, 7) is 4.05. The molecule has 0 spiro atoms. The summed E-state index contributed by atoms with van der Waals surface area (Å²) < 4.78 is 0. The van der Waals surface area contributed by atoms with Gasteiger partial charge in [-0.2, -0.15) is 0 Å². The Hall–Kier alpha value is -0.940. The maximum atomic E-state index is 10.4. The Bertz CT molecular complexity index is 591. The predicted octanol–water partition coefficient (Wildman–Crippen LogP) is 2.48. The molecule has 3 rings (SSSR count). The molecule has 0 unspecified atom stereocenters. The van der Waals surface area contributed by atoms with E-state index in [1.54, 1.807) is 0 Å². The van der Waals surface area contributed by atoms with Crippen molar-refractivity contribution in [3.05, 3.63) is 34.9 Å². The van der Waals surface area contributed by atoms with Crippen molar-refractivity contribution in [2.75, 3.05) is 6.61 Å². The molecule has 0 aliphatic heterocycles. The molecule has 3 aliphatic carbocycles. The second kappa shape index (κ2) is 7.36. The van der Waals surface area contributed by atoms with Gasteiger partial charge < -0.3 is 20.4 Å². The van der Waals surface area contributed by atoms with Crippen LogP contribution in [-0.4, -0.2) is 45.3 Å². The summed E-state index contributed by atoms with van der Waals surface area (Å²) in [5.41, 5.74) is 3.48. The molecule has 0 heterocycles. The van der Waals surface area contributed by atoms with E-state index in [0.717, 1.165) is 31.3 Å². The van der Waals surface area contributed by atoms with Gasteiger partial charge in [0.05, 0.1) is 24.9 Å². The van der Waals surface area contributed by atoms with Crippen LogP contribution in [-0.2, 0) is 0 Å². The molecule has 1 saturated carbocycles. The lowest BCUT2D eigenvalue weighted by Crippen LogP contribution is -2.42. The zero-order valence-corrected chi connectivity index (χ0v) is 15.4. The SMILES string of the molecule is CC1=C(/C=C/C2=C[C@@H](O)C[C@]3(C)[C@@H]([C@@H](O)CO)CC[C@@H]23)C[C@@H](O)CC1. The second-order valence-corrected chi connectivity index (χ2v) is 8.47. The van der Waals surface area contributed by atoms with Crippen molar-refractivity contribution in [1.29, 1.82) is 0 Å².